The van der Waals surface area contributed by atoms with E-state index < -0.39 is 6.10 Å². The maximum atomic E-state index is 12.6. The monoisotopic (exact) mass is 584 g/mol. The molecule has 0 aliphatic carbocycles. The van der Waals surface area contributed by atoms with E-state index in [9.17, 15) is 15.0 Å². The summed E-state index contributed by atoms with van der Waals surface area (Å²) in [5.41, 5.74) is 0. The minimum absolute atomic E-state index is 0.0395. The van der Waals surface area contributed by atoms with Crippen LogP contribution in [0.5, 0.6) is 0 Å². The van der Waals surface area contributed by atoms with Crippen LogP contribution in [0.2, 0.25) is 0 Å². The summed E-state index contributed by atoms with van der Waals surface area (Å²) in [6, 6.07) is 0. The minimum Gasteiger partial charge on any atom is -0.395 e. The average molecular weight is 584 g/mol. The van der Waals surface area contributed by atoms with Crippen molar-refractivity contribution in [2.45, 2.75) is 193 Å². The van der Waals surface area contributed by atoms with E-state index >= 15 is 0 Å². The number of ether oxygens (including phenoxy) is 1. The molecule has 41 heavy (non-hydrogen) atoms. The van der Waals surface area contributed by atoms with Crippen molar-refractivity contribution >= 4 is 5.91 Å². The standard InChI is InChI=1S/C36H73NO4/c1-3-5-7-9-11-13-15-17-19-21-23-25-27-29-36(40)37(30-31-38)33-35(39)34-41-32-28-26-24-22-20-18-16-14-12-10-8-6-4-2/h35,38-39H,3-34H2,1-2H3. The molecule has 0 saturated heterocycles. The lowest BCUT2D eigenvalue weighted by Crippen LogP contribution is -2.40. The lowest BCUT2D eigenvalue weighted by molar-refractivity contribution is -0.134. The van der Waals surface area contributed by atoms with Crippen molar-refractivity contribution in [2.24, 2.45) is 0 Å². The molecular formula is C36H73NO4. The van der Waals surface area contributed by atoms with Gasteiger partial charge in [-0.15, -0.1) is 0 Å². The predicted molar refractivity (Wildman–Crippen MR) is 176 cm³/mol. The molecule has 2 N–H and O–H groups in total. The number of rotatable bonds is 34. The largest absolute Gasteiger partial charge is 0.395 e. The minimum atomic E-state index is -0.695. The Kier molecular flexibility index (Phi) is 33.3. The van der Waals surface area contributed by atoms with Crippen molar-refractivity contribution in [1.82, 2.24) is 4.90 Å². The van der Waals surface area contributed by atoms with Gasteiger partial charge in [-0.3, -0.25) is 4.79 Å². The van der Waals surface area contributed by atoms with E-state index in [2.05, 4.69) is 13.8 Å². The number of carbonyl (C=O) groups is 1. The van der Waals surface area contributed by atoms with Gasteiger partial charge in [-0.25, -0.2) is 0 Å². The van der Waals surface area contributed by atoms with Gasteiger partial charge in [-0.1, -0.05) is 168 Å². The van der Waals surface area contributed by atoms with Crippen LogP contribution in [0, 0.1) is 0 Å². The van der Waals surface area contributed by atoms with Crippen molar-refractivity contribution in [3.8, 4) is 0 Å². The Balaban J connectivity index is 3.63. The molecule has 0 radical (unpaired) electrons. The first-order chi connectivity index (χ1) is 20.2. The van der Waals surface area contributed by atoms with Crippen molar-refractivity contribution in [3.05, 3.63) is 0 Å². The van der Waals surface area contributed by atoms with E-state index in [4.69, 9.17) is 4.74 Å². The first kappa shape index (κ1) is 40.4. The third-order valence-corrected chi connectivity index (χ3v) is 8.35. The summed E-state index contributed by atoms with van der Waals surface area (Å²) in [7, 11) is 0. The van der Waals surface area contributed by atoms with Crippen LogP contribution in [-0.4, -0.2) is 60.0 Å². The van der Waals surface area contributed by atoms with Crippen molar-refractivity contribution in [3.63, 3.8) is 0 Å². The zero-order valence-electron chi connectivity index (χ0n) is 27.9. The molecule has 0 bridgehead atoms. The van der Waals surface area contributed by atoms with E-state index in [0.29, 0.717) is 13.0 Å². The van der Waals surface area contributed by atoms with Crippen LogP contribution >= 0.6 is 0 Å². The Labute approximate surface area is 256 Å². The van der Waals surface area contributed by atoms with Gasteiger partial charge < -0.3 is 19.8 Å². The van der Waals surface area contributed by atoms with Gasteiger partial charge in [-0.2, -0.15) is 0 Å². The van der Waals surface area contributed by atoms with Crippen LogP contribution in [0.25, 0.3) is 0 Å². The summed E-state index contributed by atoms with van der Waals surface area (Å²) in [6.07, 6.45) is 33.8. The molecule has 5 heteroatoms. The van der Waals surface area contributed by atoms with Crippen LogP contribution in [0.3, 0.4) is 0 Å². The first-order valence-electron chi connectivity index (χ1n) is 18.3. The molecule has 0 heterocycles. The molecular weight excluding hydrogens is 510 g/mol. The van der Waals surface area contributed by atoms with Gasteiger partial charge in [0.15, 0.2) is 0 Å². The number of nitrogens with zero attached hydrogens (tertiary/aromatic N) is 1. The summed E-state index contributed by atoms with van der Waals surface area (Å²) >= 11 is 0. The Bertz CT molecular complexity index is 516. The van der Waals surface area contributed by atoms with Gasteiger partial charge in [0.25, 0.3) is 0 Å². The van der Waals surface area contributed by atoms with Gasteiger partial charge >= 0.3 is 0 Å². The van der Waals surface area contributed by atoms with Crippen LogP contribution in [-0.2, 0) is 9.53 Å². The molecule has 0 aromatic rings. The van der Waals surface area contributed by atoms with Crippen LogP contribution < -0.4 is 0 Å². The number of hydrogen-bond acceptors (Lipinski definition) is 4. The van der Waals surface area contributed by atoms with Crippen LogP contribution in [0.4, 0.5) is 0 Å². The molecule has 0 rings (SSSR count). The quantitative estimate of drug-likeness (QED) is 0.0740. The lowest BCUT2D eigenvalue weighted by atomic mass is 10.0. The third-order valence-electron chi connectivity index (χ3n) is 8.35. The molecule has 0 aliphatic rings. The van der Waals surface area contributed by atoms with Crippen molar-refractivity contribution < 1.29 is 19.7 Å². The molecule has 1 amide bonds. The number of unbranched alkanes of at least 4 members (excludes halogenated alkanes) is 24. The van der Waals surface area contributed by atoms with Gasteiger partial charge in [0, 0.05) is 26.1 Å². The van der Waals surface area contributed by atoms with Gasteiger partial charge in [0.1, 0.15) is 0 Å². The van der Waals surface area contributed by atoms with E-state index in [1.54, 1.807) is 4.90 Å². The van der Waals surface area contributed by atoms with Crippen molar-refractivity contribution in [2.75, 3.05) is 32.9 Å². The fraction of sp³-hybridized carbons (Fsp3) is 0.972. The summed E-state index contributed by atoms with van der Waals surface area (Å²) in [5, 5.41) is 19.8. The normalized spacial score (nSPS) is 12.2. The molecule has 0 fully saturated rings. The van der Waals surface area contributed by atoms with E-state index in [1.165, 1.54) is 148 Å². The fourth-order valence-corrected chi connectivity index (χ4v) is 5.64. The molecule has 0 aliphatic heterocycles. The highest BCUT2D eigenvalue weighted by Gasteiger charge is 2.17. The summed E-state index contributed by atoms with van der Waals surface area (Å²) in [6.45, 7) is 5.92. The zero-order chi connectivity index (χ0) is 30.1. The number of hydrogen-bond donors (Lipinski definition) is 2. The Morgan fingerprint density at radius 2 is 0.951 bits per heavy atom. The third kappa shape index (κ3) is 30.6. The van der Waals surface area contributed by atoms with E-state index in [0.717, 1.165) is 19.3 Å². The topological polar surface area (TPSA) is 70.0 Å². The summed E-state index contributed by atoms with van der Waals surface area (Å²) in [4.78, 5) is 14.3. The second-order valence-corrected chi connectivity index (χ2v) is 12.5. The molecule has 5 nitrogen and oxygen atoms in total. The number of amides is 1. The van der Waals surface area contributed by atoms with E-state index in [1.807, 2.05) is 0 Å². The Morgan fingerprint density at radius 1 is 0.585 bits per heavy atom. The molecule has 1 unspecified atom stereocenters. The van der Waals surface area contributed by atoms with Crippen LogP contribution in [0.1, 0.15) is 187 Å². The number of aliphatic hydroxyl groups is 2. The molecule has 1 atom stereocenters. The highest BCUT2D eigenvalue weighted by atomic mass is 16.5. The summed E-state index contributed by atoms with van der Waals surface area (Å²) in [5.74, 6) is 0.0395. The zero-order valence-corrected chi connectivity index (χ0v) is 27.9. The fourth-order valence-electron chi connectivity index (χ4n) is 5.64. The summed E-state index contributed by atoms with van der Waals surface area (Å²) < 4.78 is 5.69. The molecule has 0 aromatic heterocycles. The van der Waals surface area contributed by atoms with Crippen LogP contribution in [0.15, 0.2) is 0 Å². The van der Waals surface area contributed by atoms with Crippen molar-refractivity contribution in [1.29, 1.82) is 0 Å². The van der Waals surface area contributed by atoms with Gasteiger partial charge in [-0.05, 0) is 12.8 Å². The average Bonchev–Trinajstić information content (AvgIpc) is 2.97. The van der Waals surface area contributed by atoms with E-state index in [-0.39, 0.29) is 32.2 Å². The number of aliphatic hydroxyl groups excluding tert-OH is 2. The lowest BCUT2D eigenvalue weighted by Gasteiger charge is -2.24. The maximum Gasteiger partial charge on any atom is 0.222 e. The second kappa shape index (κ2) is 33.8. The van der Waals surface area contributed by atoms with Gasteiger partial charge in [0.2, 0.25) is 5.91 Å². The first-order valence-corrected chi connectivity index (χ1v) is 18.3. The smallest absolute Gasteiger partial charge is 0.222 e. The molecule has 0 saturated carbocycles. The highest BCUT2D eigenvalue weighted by molar-refractivity contribution is 5.76. The Hall–Kier alpha value is -0.650. The molecule has 246 valence electrons. The maximum absolute atomic E-state index is 12.6. The highest BCUT2D eigenvalue weighted by Crippen LogP contribution is 2.14. The van der Waals surface area contributed by atoms with Gasteiger partial charge in [0.05, 0.1) is 19.3 Å². The molecule has 0 aromatic carbocycles. The second-order valence-electron chi connectivity index (χ2n) is 12.5. The molecule has 0 spiro atoms. The number of carbonyl (C=O) groups excluding carboxylic acids is 1. The Morgan fingerprint density at radius 3 is 1.34 bits per heavy atom. The SMILES string of the molecule is CCCCCCCCCCCCCCCOCC(O)CN(CCO)C(=O)CCCCCCCCCCCCCCC. The predicted octanol–water partition coefficient (Wildman–Crippen LogP) is 9.76.